The van der Waals surface area contributed by atoms with E-state index in [1.807, 2.05) is 0 Å². The molecule has 0 saturated heterocycles. The molecular weight excluding hydrogens is 271 g/mol. The van der Waals surface area contributed by atoms with Crippen molar-refractivity contribution in [2.24, 2.45) is 0 Å². The Morgan fingerprint density at radius 1 is 1.53 bits per heavy atom. The summed E-state index contributed by atoms with van der Waals surface area (Å²) in [5.41, 5.74) is 5.19. The van der Waals surface area contributed by atoms with Gasteiger partial charge in [-0.1, -0.05) is 6.08 Å². The minimum absolute atomic E-state index is 0.0515. The highest BCUT2D eigenvalue weighted by molar-refractivity contribution is 7.89. The predicted octanol–water partition coefficient (Wildman–Crippen LogP) is 1.23. The van der Waals surface area contributed by atoms with E-state index in [4.69, 9.17) is 10.5 Å². The molecule has 0 aliphatic carbocycles. The molecule has 1 rings (SSSR count). The second-order valence-electron chi connectivity index (χ2n) is 3.83. The van der Waals surface area contributed by atoms with Crippen LogP contribution in [0.1, 0.15) is 0 Å². The van der Waals surface area contributed by atoms with Crippen LogP contribution in [0, 0.1) is 5.82 Å². The molecule has 19 heavy (non-hydrogen) atoms. The van der Waals surface area contributed by atoms with E-state index in [9.17, 15) is 12.8 Å². The maximum atomic E-state index is 13.1. The average molecular weight is 288 g/mol. The monoisotopic (exact) mass is 288 g/mol. The van der Waals surface area contributed by atoms with Gasteiger partial charge in [0.25, 0.3) is 0 Å². The van der Waals surface area contributed by atoms with Gasteiger partial charge in [-0.3, -0.25) is 0 Å². The van der Waals surface area contributed by atoms with Crippen LogP contribution in [0.5, 0.6) is 0 Å². The maximum absolute atomic E-state index is 13.1. The van der Waals surface area contributed by atoms with Crippen LogP contribution in [-0.4, -0.2) is 39.5 Å². The summed E-state index contributed by atoms with van der Waals surface area (Å²) in [5, 5.41) is 0. The molecule has 0 atom stereocenters. The smallest absolute Gasteiger partial charge is 0.243 e. The number of benzene rings is 1. The van der Waals surface area contributed by atoms with E-state index >= 15 is 0 Å². The second kappa shape index (κ2) is 6.65. The zero-order chi connectivity index (χ0) is 14.5. The number of sulfonamides is 1. The minimum Gasteiger partial charge on any atom is -0.396 e. The number of ether oxygens (including phenoxy) is 1. The molecule has 0 fully saturated rings. The molecule has 0 aromatic heterocycles. The summed E-state index contributed by atoms with van der Waals surface area (Å²) in [6, 6.07) is 3.32. The van der Waals surface area contributed by atoms with Gasteiger partial charge in [-0.05, 0) is 18.2 Å². The van der Waals surface area contributed by atoms with Crippen LogP contribution in [0.3, 0.4) is 0 Å². The first-order valence-corrected chi connectivity index (χ1v) is 7.02. The maximum Gasteiger partial charge on any atom is 0.243 e. The van der Waals surface area contributed by atoms with Gasteiger partial charge in [-0.25, -0.2) is 12.8 Å². The molecule has 1 aromatic carbocycles. The van der Waals surface area contributed by atoms with E-state index in [0.29, 0.717) is 0 Å². The van der Waals surface area contributed by atoms with Crippen molar-refractivity contribution in [2.45, 2.75) is 4.90 Å². The highest BCUT2D eigenvalue weighted by Gasteiger charge is 2.23. The molecule has 0 amide bonds. The Balaban J connectivity index is 3.10. The Bertz CT molecular complexity index is 546. The van der Waals surface area contributed by atoms with Gasteiger partial charge in [-0.15, -0.1) is 6.58 Å². The van der Waals surface area contributed by atoms with Crippen molar-refractivity contribution in [3.05, 3.63) is 36.7 Å². The van der Waals surface area contributed by atoms with Gasteiger partial charge >= 0.3 is 0 Å². The second-order valence-corrected chi connectivity index (χ2v) is 5.77. The van der Waals surface area contributed by atoms with E-state index in [1.165, 1.54) is 23.6 Å². The first-order chi connectivity index (χ1) is 8.93. The number of halogens is 1. The first kappa shape index (κ1) is 15.6. The van der Waals surface area contributed by atoms with Crippen LogP contribution in [0.15, 0.2) is 35.7 Å². The van der Waals surface area contributed by atoms with Crippen LogP contribution < -0.4 is 5.73 Å². The summed E-state index contributed by atoms with van der Waals surface area (Å²) in [6.45, 7) is 4.09. The molecule has 0 spiro atoms. The van der Waals surface area contributed by atoms with Crippen molar-refractivity contribution >= 4 is 15.7 Å². The number of hydrogen-bond acceptors (Lipinski definition) is 4. The molecule has 5 nitrogen and oxygen atoms in total. The molecule has 0 unspecified atom stereocenters. The van der Waals surface area contributed by atoms with E-state index in [1.54, 1.807) is 0 Å². The lowest BCUT2D eigenvalue weighted by atomic mass is 10.3. The van der Waals surface area contributed by atoms with Crippen molar-refractivity contribution < 1.29 is 17.5 Å². The lowest BCUT2D eigenvalue weighted by Crippen LogP contribution is -2.34. The highest BCUT2D eigenvalue weighted by atomic mass is 32.2. The quantitative estimate of drug-likeness (QED) is 0.605. The number of anilines is 1. The predicted molar refractivity (Wildman–Crippen MR) is 71.6 cm³/mol. The summed E-state index contributed by atoms with van der Waals surface area (Å²) in [6.07, 6.45) is 1.47. The van der Waals surface area contributed by atoms with Gasteiger partial charge in [0.2, 0.25) is 10.0 Å². The van der Waals surface area contributed by atoms with Crippen molar-refractivity contribution in [1.82, 2.24) is 4.31 Å². The van der Waals surface area contributed by atoms with Gasteiger partial charge in [-0.2, -0.15) is 4.31 Å². The normalized spacial score (nSPS) is 11.7. The fourth-order valence-electron chi connectivity index (χ4n) is 1.48. The van der Waals surface area contributed by atoms with E-state index in [0.717, 1.165) is 12.1 Å². The summed E-state index contributed by atoms with van der Waals surface area (Å²) in [5.74, 6) is -0.647. The molecule has 1 aromatic rings. The number of rotatable bonds is 7. The molecule has 106 valence electrons. The largest absolute Gasteiger partial charge is 0.396 e. The zero-order valence-electron chi connectivity index (χ0n) is 10.7. The fourth-order valence-corrected chi connectivity index (χ4v) is 2.91. The van der Waals surface area contributed by atoms with Crippen LogP contribution in [0.25, 0.3) is 0 Å². The summed E-state index contributed by atoms with van der Waals surface area (Å²) < 4.78 is 43.8. The Morgan fingerprint density at radius 3 is 2.74 bits per heavy atom. The highest BCUT2D eigenvalue weighted by Crippen LogP contribution is 2.20. The molecule has 0 aliphatic heterocycles. The third kappa shape index (κ3) is 3.76. The molecule has 0 heterocycles. The summed E-state index contributed by atoms with van der Waals surface area (Å²) in [7, 11) is -2.26. The third-order valence-corrected chi connectivity index (χ3v) is 4.34. The van der Waals surface area contributed by atoms with Gasteiger partial charge in [0.1, 0.15) is 5.82 Å². The number of nitrogen functional groups attached to an aromatic ring is 1. The molecule has 0 bridgehead atoms. The molecule has 2 N–H and O–H groups in total. The van der Waals surface area contributed by atoms with Crippen molar-refractivity contribution in [3.8, 4) is 0 Å². The molecule has 0 aliphatic rings. The van der Waals surface area contributed by atoms with E-state index < -0.39 is 15.8 Å². The van der Waals surface area contributed by atoms with Gasteiger partial charge in [0.15, 0.2) is 0 Å². The van der Waals surface area contributed by atoms with Gasteiger partial charge in [0, 0.05) is 20.2 Å². The first-order valence-electron chi connectivity index (χ1n) is 5.58. The molecule has 0 radical (unpaired) electrons. The lowest BCUT2D eigenvalue weighted by Gasteiger charge is -2.20. The Hall–Kier alpha value is -1.44. The van der Waals surface area contributed by atoms with Gasteiger partial charge < -0.3 is 10.5 Å². The van der Waals surface area contributed by atoms with Gasteiger partial charge in [0.05, 0.1) is 17.2 Å². The molecule has 7 heteroatoms. The number of nitrogens with two attached hydrogens (primary N) is 1. The number of nitrogens with zero attached hydrogens (tertiary/aromatic N) is 1. The summed E-state index contributed by atoms with van der Waals surface area (Å²) in [4.78, 5) is -0.0515. The lowest BCUT2D eigenvalue weighted by molar-refractivity contribution is 0.182. The standard InChI is InChI=1S/C12H17FN2O3S/c1-3-6-15(7-8-18-2)19(16,17)10-4-5-11(13)12(14)9-10/h3-5,9H,1,6-8,14H2,2H3. The Morgan fingerprint density at radius 2 is 2.21 bits per heavy atom. The third-order valence-electron chi connectivity index (χ3n) is 2.48. The number of hydrogen-bond donors (Lipinski definition) is 1. The van der Waals surface area contributed by atoms with Crippen molar-refractivity contribution in [2.75, 3.05) is 32.5 Å². The van der Waals surface area contributed by atoms with Crippen LogP contribution >= 0.6 is 0 Å². The SMILES string of the molecule is C=CCN(CCOC)S(=O)(=O)c1ccc(F)c(N)c1. The zero-order valence-corrected chi connectivity index (χ0v) is 11.5. The number of methoxy groups -OCH3 is 1. The molecule has 0 saturated carbocycles. The summed E-state index contributed by atoms with van der Waals surface area (Å²) >= 11 is 0. The van der Waals surface area contributed by atoms with Crippen molar-refractivity contribution in [3.63, 3.8) is 0 Å². The van der Waals surface area contributed by atoms with E-state index in [-0.39, 0.29) is 30.3 Å². The van der Waals surface area contributed by atoms with E-state index in [2.05, 4.69) is 6.58 Å². The minimum atomic E-state index is -3.74. The van der Waals surface area contributed by atoms with Crippen molar-refractivity contribution in [1.29, 1.82) is 0 Å². The Kier molecular flexibility index (Phi) is 5.46. The van der Waals surface area contributed by atoms with Crippen LogP contribution in [0.2, 0.25) is 0 Å². The fraction of sp³-hybridized carbons (Fsp3) is 0.333. The van der Waals surface area contributed by atoms with Crippen LogP contribution in [0.4, 0.5) is 10.1 Å². The molecular formula is C12H17FN2O3S. The Labute approximate surface area is 112 Å². The topological polar surface area (TPSA) is 72.6 Å². The van der Waals surface area contributed by atoms with Crippen LogP contribution in [-0.2, 0) is 14.8 Å². The average Bonchev–Trinajstić information content (AvgIpc) is 2.37.